The molecule has 0 radical (unpaired) electrons. The fourth-order valence-electron chi connectivity index (χ4n) is 3.78. The Bertz CT molecular complexity index is 1050. The van der Waals surface area contributed by atoms with E-state index >= 15 is 0 Å². The molecule has 37 heavy (non-hydrogen) atoms. The Balaban J connectivity index is 2.03. The van der Waals surface area contributed by atoms with Gasteiger partial charge < -0.3 is 38.3 Å². The molecule has 1 saturated heterocycles. The van der Waals surface area contributed by atoms with Crippen LogP contribution < -0.4 is 9.47 Å². The van der Waals surface area contributed by atoms with Crippen molar-refractivity contribution in [3.8, 4) is 11.5 Å². The smallest absolute Gasteiger partial charge is 0.497 e. The molecule has 3 rings (SSSR count). The van der Waals surface area contributed by atoms with Crippen molar-refractivity contribution in [2.24, 2.45) is 0 Å². The second kappa shape index (κ2) is 12.5. The van der Waals surface area contributed by atoms with Crippen molar-refractivity contribution in [3.63, 3.8) is 0 Å². The van der Waals surface area contributed by atoms with Crippen molar-refractivity contribution in [2.75, 3.05) is 20.3 Å². The van der Waals surface area contributed by atoms with Crippen LogP contribution in [0.2, 0.25) is 0 Å². The van der Waals surface area contributed by atoms with Crippen LogP contribution in [-0.4, -0.2) is 73.9 Å². The lowest BCUT2D eigenvalue weighted by atomic mass is 9.96. The number of hydrogen-bond acceptors (Lipinski definition) is 12. The highest BCUT2D eigenvalue weighted by atomic mass is 16.7. The van der Waals surface area contributed by atoms with Crippen LogP contribution in [0, 0.1) is 0 Å². The molecule has 2 aliphatic rings. The number of rotatable bonds is 5. The first-order chi connectivity index (χ1) is 17.7. The van der Waals surface area contributed by atoms with Gasteiger partial charge in [0.25, 0.3) is 0 Å². The summed E-state index contributed by atoms with van der Waals surface area (Å²) < 4.78 is 36.7. The zero-order chi connectivity index (χ0) is 27.1. The van der Waals surface area contributed by atoms with Gasteiger partial charge in [0, 0.05) is 24.5 Å². The van der Waals surface area contributed by atoms with E-state index in [-0.39, 0.29) is 48.7 Å². The SMILES string of the molecule is CCOC(=O)Oc1cc(OC)cc2c1C(=O)O[C@@H](C)C/C=C/C(=O)[C@@H](O)[C@@H](OC(=O)OCC)C[C@H]1O[C@H]21. The molecule has 2 aliphatic heterocycles. The quantitative estimate of drug-likeness (QED) is 0.261. The van der Waals surface area contributed by atoms with Crippen LogP contribution in [0.15, 0.2) is 24.3 Å². The van der Waals surface area contributed by atoms with Gasteiger partial charge in [0.05, 0.1) is 26.4 Å². The Morgan fingerprint density at radius 3 is 2.49 bits per heavy atom. The van der Waals surface area contributed by atoms with E-state index in [1.165, 1.54) is 25.3 Å². The Labute approximate surface area is 213 Å². The number of cyclic esters (lactones) is 1. The molecule has 2 heterocycles. The van der Waals surface area contributed by atoms with E-state index in [1.807, 2.05) is 0 Å². The van der Waals surface area contributed by atoms with E-state index in [0.717, 1.165) is 6.08 Å². The highest BCUT2D eigenvalue weighted by Gasteiger charge is 2.47. The molecule has 0 bridgehead atoms. The summed E-state index contributed by atoms with van der Waals surface area (Å²) in [5, 5.41) is 10.6. The van der Waals surface area contributed by atoms with Gasteiger partial charge in [-0.25, -0.2) is 14.4 Å². The van der Waals surface area contributed by atoms with Crippen LogP contribution in [-0.2, 0) is 28.5 Å². The Morgan fingerprint density at radius 1 is 1.11 bits per heavy atom. The first-order valence-corrected chi connectivity index (χ1v) is 11.8. The Morgan fingerprint density at radius 2 is 1.81 bits per heavy atom. The number of esters is 1. The Kier molecular flexibility index (Phi) is 9.48. The molecule has 12 heteroatoms. The van der Waals surface area contributed by atoms with Crippen molar-refractivity contribution in [1.82, 2.24) is 0 Å². The molecule has 0 aliphatic carbocycles. The molecule has 5 atom stereocenters. The van der Waals surface area contributed by atoms with Crippen LogP contribution in [0.4, 0.5) is 9.59 Å². The maximum Gasteiger partial charge on any atom is 0.513 e. The number of ether oxygens (including phenoxy) is 7. The Hall–Kier alpha value is -3.64. The van der Waals surface area contributed by atoms with Crippen molar-refractivity contribution < 1.29 is 57.4 Å². The van der Waals surface area contributed by atoms with Crippen LogP contribution >= 0.6 is 0 Å². The molecular formula is C25H30O12. The van der Waals surface area contributed by atoms with Crippen LogP contribution in [0.25, 0.3) is 0 Å². The van der Waals surface area contributed by atoms with Crippen molar-refractivity contribution in [2.45, 2.75) is 64.1 Å². The summed E-state index contributed by atoms with van der Waals surface area (Å²) >= 11 is 0. The van der Waals surface area contributed by atoms with Gasteiger partial charge in [0.15, 0.2) is 17.6 Å². The van der Waals surface area contributed by atoms with Crippen LogP contribution in [0.1, 0.15) is 55.6 Å². The average Bonchev–Trinajstić information content (AvgIpc) is 3.61. The summed E-state index contributed by atoms with van der Waals surface area (Å²) in [5.41, 5.74) is 0.206. The van der Waals surface area contributed by atoms with Gasteiger partial charge >= 0.3 is 18.3 Å². The summed E-state index contributed by atoms with van der Waals surface area (Å²) in [7, 11) is 1.39. The lowest BCUT2D eigenvalue weighted by Crippen LogP contribution is -2.38. The van der Waals surface area contributed by atoms with Gasteiger partial charge in [0.2, 0.25) is 0 Å². The molecule has 0 amide bonds. The number of ketones is 1. The molecule has 12 nitrogen and oxygen atoms in total. The first kappa shape index (κ1) is 27.9. The average molecular weight is 523 g/mol. The number of carbonyl (C=O) groups is 4. The molecule has 0 saturated carbocycles. The summed E-state index contributed by atoms with van der Waals surface area (Å²) in [4.78, 5) is 49.8. The van der Waals surface area contributed by atoms with Crippen molar-refractivity contribution in [1.29, 1.82) is 0 Å². The second-order valence-corrected chi connectivity index (χ2v) is 8.25. The second-order valence-electron chi connectivity index (χ2n) is 8.25. The summed E-state index contributed by atoms with van der Waals surface area (Å²) in [5.74, 6) is -1.40. The molecule has 0 spiro atoms. The molecule has 1 aromatic rings. The van der Waals surface area contributed by atoms with Crippen molar-refractivity contribution >= 4 is 24.1 Å². The van der Waals surface area contributed by atoms with E-state index in [1.54, 1.807) is 20.8 Å². The maximum atomic E-state index is 13.2. The summed E-state index contributed by atoms with van der Waals surface area (Å²) in [6.07, 6.45) is -4.58. The molecule has 0 aromatic heterocycles. The highest BCUT2D eigenvalue weighted by Crippen LogP contribution is 2.47. The van der Waals surface area contributed by atoms with Gasteiger partial charge in [-0.2, -0.15) is 0 Å². The standard InChI is InChI=1S/C25H30O12/c1-5-32-24(29)36-17-11-14(31-4)10-15-20(17)23(28)34-13(3)8-7-9-16(26)21(27)18(12-19-22(15)35-19)37-25(30)33-6-2/h7,9-11,13,18-19,21-22,27H,5-6,8,12H2,1-4H3/b9-7+/t13-,18-,19+,21+,22+/m0/s1. The largest absolute Gasteiger partial charge is 0.513 e. The van der Waals surface area contributed by atoms with Gasteiger partial charge in [-0.05, 0) is 32.9 Å². The number of hydrogen-bond donors (Lipinski definition) is 1. The van der Waals surface area contributed by atoms with Crippen LogP contribution in [0.5, 0.6) is 11.5 Å². The first-order valence-electron chi connectivity index (χ1n) is 11.8. The van der Waals surface area contributed by atoms with Gasteiger partial charge in [-0.3, -0.25) is 4.79 Å². The van der Waals surface area contributed by atoms with Crippen molar-refractivity contribution in [3.05, 3.63) is 35.4 Å². The van der Waals surface area contributed by atoms with Crippen LogP contribution in [0.3, 0.4) is 0 Å². The predicted octanol–water partition coefficient (Wildman–Crippen LogP) is 3.04. The fraction of sp³-hybridized carbons (Fsp3) is 0.520. The molecular weight excluding hydrogens is 492 g/mol. The van der Waals surface area contributed by atoms with E-state index in [4.69, 9.17) is 33.2 Å². The zero-order valence-electron chi connectivity index (χ0n) is 21.0. The number of carbonyl (C=O) groups excluding carboxylic acids is 4. The summed E-state index contributed by atoms with van der Waals surface area (Å²) in [6, 6.07) is 2.87. The number of methoxy groups -OCH3 is 1. The van der Waals surface area contributed by atoms with E-state index in [2.05, 4.69) is 0 Å². The summed E-state index contributed by atoms with van der Waals surface area (Å²) in [6.45, 7) is 4.88. The minimum Gasteiger partial charge on any atom is -0.497 e. The molecule has 202 valence electrons. The number of benzene rings is 1. The minimum absolute atomic E-state index is 0.0362. The van der Waals surface area contributed by atoms with Gasteiger partial charge in [0.1, 0.15) is 29.6 Å². The highest BCUT2D eigenvalue weighted by molar-refractivity contribution is 5.96. The van der Waals surface area contributed by atoms with E-state index in [0.29, 0.717) is 0 Å². The predicted molar refractivity (Wildman–Crippen MR) is 124 cm³/mol. The third kappa shape index (κ3) is 7.20. The number of epoxide rings is 1. The number of fused-ring (bicyclic) bond motifs is 3. The maximum absolute atomic E-state index is 13.2. The normalized spacial score (nSPS) is 26.4. The van der Waals surface area contributed by atoms with Gasteiger partial charge in [-0.15, -0.1) is 0 Å². The number of aliphatic hydroxyl groups is 1. The monoisotopic (exact) mass is 522 g/mol. The lowest BCUT2D eigenvalue weighted by Gasteiger charge is -2.21. The molecule has 1 fully saturated rings. The third-order valence-electron chi connectivity index (χ3n) is 5.57. The molecule has 0 unspecified atom stereocenters. The topological polar surface area (TPSA) is 156 Å². The zero-order valence-corrected chi connectivity index (χ0v) is 21.0. The number of aliphatic hydroxyl groups excluding tert-OH is 1. The molecule has 1 aromatic carbocycles. The third-order valence-corrected chi connectivity index (χ3v) is 5.57. The van der Waals surface area contributed by atoms with Gasteiger partial charge in [-0.1, -0.05) is 6.08 Å². The van der Waals surface area contributed by atoms with E-state index in [9.17, 15) is 24.3 Å². The fourth-order valence-corrected chi connectivity index (χ4v) is 3.78. The minimum atomic E-state index is -1.68. The lowest BCUT2D eigenvalue weighted by molar-refractivity contribution is -0.129. The van der Waals surface area contributed by atoms with E-state index < -0.39 is 54.6 Å². The molecule has 1 N–H and O–H groups in total.